The highest BCUT2D eigenvalue weighted by Gasteiger charge is 2.16. The summed E-state index contributed by atoms with van der Waals surface area (Å²) in [6.07, 6.45) is 0.729. The first-order chi connectivity index (χ1) is 12.8. The molecule has 2 amide bonds. The maximum atomic E-state index is 12.3. The molecule has 0 heterocycles. The zero-order valence-corrected chi connectivity index (χ0v) is 16.4. The lowest BCUT2D eigenvalue weighted by atomic mass is 10.2. The molecule has 0 aromatic heterocycles. The van der Waals surface area contributed by atoms with Gasteiger partial charge >= 0.3 is 12.2 Å². The molecule has 1 rings (SSSR count). The van der Waals surface area contributed by atoms with Crippen LogP contribution in [-0.2, 0) is 16.1 Å². The lowest BCUT2D eigenvalue weighted by Crippen LogP contribution is -2.35. The molecule has 0 saturated carbocycles. The first-order valence-electron chi connectivity index (χ1n) is 9.11. The topological polar surface area (TPSA) is 91.7 Å². The standard InChI is InChI=1S/C20H29N3O4/c1-20(2,3)27-18(24)22-13-7-8-14-23(15-9-12-21)19(25)26-16-17-10-5-4-6-11-17/h4-6,10-11H,7-9,13-16H2,1-3H3,(H,22,24). The van der Waals surface area contributed by atoms with E-state index in [2.05, 4.69) is 5.32 Å². The van der Waals surface area contributed by atoms with Gasteiger partial charge in [-0.15, -0.1) is 0 Å². The van der Waals surface area contributed by atoms with E-state index in [1.807, 2.05) is 36.4 Å². The Morgan fingerprint density at radius 3 is 2.48 bits per heavy atom. The maximum absolute atomic E-state index is 12.3. The first-order valence-corrected chi connectivity index (χ1v) is 9.11. The van der Waals surface area contributed by atoms with Crippen LogP contribution in [0.5, 0.6) is 0 Å². The van der Waals surface area contributed by atoms with Gasteiger partial charge in [0.15, 0.2) is 0 Å². The molecule has 148 valence electrons. The molecule has 0 aliphatic rings. The molecule has 1 aromatic carbocycles. The fourth-order valence-electron chi connectivity index (χ4n) is 2.22. The van der Waals surface area contributed by atoms with Crippen LogP contribution >= 0.6 is 0 Å². The highest BCUT2D eigenvalue weighted by atomic mass is 16.6. The normalized spacial score (nSPS) is 10.6. The number of nitrogens with zero attached hydrogens (tertiary/aromatic N) is 2. The zero-order chi connectivity index (χ0) is 20.1. The summed E-state index contributed by atoms with van der Waals surface area (Å²) >= 11 is 0. The second kappa shape index (κ2) is 11.8. The number of hydrogen-bond acceptors (Lipinski definition) is 5. The molecule has 27 heavy (non-hydrogen) atoms. The third-order valence-corrected chi connectivity index (χ3v) is 3.48. The Morgan fingerprint density at radius 1 is 1.15 bits per heavy atom. The summed E-state index contributed by atoms with van der Waals surface area (Å²) in [7, 11) is 0. The molecule has 7 nitrogen and oxygen atoms in total. The van der Waals surface area contributed by atoms with E-state index in [9.17, 15) is 9.59 Å². The van der Waals surface area contributed by atoms with E-state index < -0.39 is 17.8 Å². The Bertz CT molecular complexity index is 620. The molecule has 0 saturated heterocycles. The summed E-state index contributed by atoms with van der Waals surface area (Å²) < 4.78 is 10.5. The molecule has 0 spiro atoms. The van der Waals surface area contributed by atoms with Gasteiger partial charge in [0.25, 0.3) is 0 Å². The van der Waals surface area contributed by atoms with E-state index in [1.165, 1.54) is 4.90 Å². The zero-order valence-electron chi connectivity index (χ0n) is 16.4. The minimum atomic E-state index is -0.527. The lowest BCUT2D eigenvalue weighted by molar-refractivity contribution is 0.0525. The SMILES string of the molecule is CC(C)(C)OC(=O)NCCCCN(CCC#N)C(=O)OCc1ccccc1. The van der Waals surface area contributed by atoms with Gasteiger partial charge < -0.3 is 19.7 Å². The Hall–Kier alpha value is -2.75. The van der Waals surface area contributed by atoms with E-state index in [1.54, 1.807) is 20.8 Å². The van der Waals surface area contributed by atoms with Gasteiger partial charge in [-0.05, 0) is 39.2 Å². The van der Waals surface area contributed by atoms with E-state index in [-0.39, 0.29) is 13.0 Å². The van der Waals surface area contributed by atoms with Crippen LogP contribution in [0.3, 0.4) is 0 Å². The summed E-state index contributed by atoms with van der Waals surface area (Å²) in [4.78, 5) is 25.4. The van der Waals surface area contributed by atoms with Gasteiger partial charge in [-0.25, -0.2) is 9.59 Å². The van der Waals surface area contributed by atoms with Gasteiger partial charge in [-0.2, -0.15) is 5.26 Å². The number of rotatable bonds is 9. The number of unbranched alkanes of at least 4 members (excludes halogenated alkanes) is 1. The third-order valence-electron chi connectivity index (χ3n) is 3.48. The fourth-order valence-corrected chi connectivity index (χ4v) is 2.22. The van der Waals surface area contributed by atoms with Crippen molar-refractivity contribution in [2.75, 3.05) is 19.6 Å². The average Bonchev–Trinajstić information content (AvgIpc) is 2.61. The largest absolute Gasteiger partial charge is 0.445 e. The van der Waals surface area contributed by atoms with Gasteiger partial charge in [0.05, 0.1) is 12.5 Å². The minimum Gasteiger partial charge on any atom is -0.445 e. The summed E-state index contributed by atoms with van der Waals surface area (Å²) in [6.45, 7) is 6.86. The monoisotopic (exact) mass is 375 g/mol. The summed E-state index contributed by atoms with van der Waals surface area (Å²) in [5.74, 6) is 0. The number of ether oxygens (including phenoxy) is 2. The molecule has 0 unspecified atom stereocenters. The molecular weight excluding hydrogens is 346 g/mol. The van der Waals surface area contributed by atoms with Gasteiger partial charge in [0.1, 0.15) is 12.2 Å². The number of carbonyl (C=O) groups is 2. The van der Waals surface area contributed by atoms with Crippen molar-refractivity contribution in [1.82, 2.24) is 10.2 Å². The molecular formula is C20H29N3O4. The van der Waals surface area contributed by atoms with E-state index in [0.29, 0.717) is 32.5 Å². The number of carbonyl (C=O) groups excluding carboxylic acids is 2. The first kappa shape index (κ1) is 22.3. The molecule has 0 fully saturated rings. The van der Waals surface area contributed by atoms with E-state index in [4.69, 9.17) is 14.7 Å². The van der Waals surface area contributed by atoms with Crippen molar-refractivity contribution >= 4 is 12.2 Å². The summed E-state index contributed by atoms with van der Waals surface area (Å²) in [6, 6.07) is 11.5. The molecule has 0 aliphatic heterocycles. The summed E-state index contributed by atoms with van der Waals surface area (Å²) in [5.41, 5.74) is 0.383. The highest BCUT2D eigenvalue weighted by Crippen LogP contribution is 2.07. The predicted molar refractivity (Wildman–Crippen MR) is 102 cm³/mol. The van der Waals surface area contributed by atoms with Crippen molar-refractivity contribution in [1.29, 1.82) is 5.26 Å². The molecule has 0 aliphatic carbocycles. The molecule has 7 heteroatoms. The highest BCUT2D eigenvalue weighted by molar-refractivity contribution is 5.68. The van der Waals surface area contributed by atoms with Crippen molar-refractivity contribution in [3.8, 4) is 6.07 Å². The van der Waals surface area contributed by atoms with Crippen LogP contribution in [0.25, 0.3) is 0 Å². The van der Waals surface area contributed by atoms with Crippen molar-refractivity contribution in [2.24, 2.45) is 0 Å². The lowest BCUT2D eigenvalue weighted by Gasteiger charge is -2.21. The van der Waals surface area contributed by atoms with Crippen LogP contribution in [-0.4, -0.2) is 42.3 Å². The Morgan fingerprint density at radius 2 is 1.85 bits per heavy atom. The van der Waals surface area contributed by atoms with Crippen molar-refractivity contribution in [3.05, 3.63) is 35.9 Å². The third kappa shape index (κ3) is 10.8. The van der Waals surface area contributed by atoms with Crippen LogP contribution in [0.4, 0.5) is 9.59 Å². The summed E-state index contributed by atoms with van der Waals surface area (Å²) in [5, 5.41) is 11.5. The quantitative estimate of drug-likeness (QED) is 0.662. The van der Waals surface area contributed by atoms with Gasteiger partial charge in [0, 0.05) is 19.6 Å². The number of nitrogens with one attached hydrogen (secondary N) is 1. The van der Waals surface area contributed by atoms with Crippen LogP contribution in [0.1, 0.15) is 45.6 Å². The Labute approximate surface area is 161 Å². The number of benzene rings is 1. The number of nitriles is 1. The number of hydrogen-bond donors (Lipinski definition) is 1. The minimum absolute atomic E-state index is 0.197. The Balaban J connectivity index is 2.33. The second-order valence-electron chi connectivity index (χ2n) is 7.07. The maximum Gasteiger partial charge on any atom is 0.410 e. The number of alkyl carbamates (subject to hydrolysis) is 1. The smallest absolute Gasteiger partial charge is 0.410 e. The second-order valence-corrected chi connectivity index (χ2v) is 7.07. The van der Waals surface area contributed by atoms with Crippen LogP contribution in [0.2, 0.25) is 0 Å². The number of amides is 2. The average molecular weight is 375 g/mol. The predicted octanol–water partition coefficient (Wildman–Crippen LogP) is 3.84. The van der Waals surface area contributed by atoms with Crippen LogP contribution < -0.4 is 5.32 Å². The van der Waals surface area contributed by atoms with Crippen LogP contribution in [0, 0.1) is 11.3 Å². The molecule has 0 atom stereocenters. The fraction of sp³-hybridized carbons (Fsp3) is 0.550. The van der Waals surface area contributed by atoms with Gasteiger partial charge in [0.2, 0.25) is 0 Å². The molecule has 1 aromatic rings. The van der Waals surface area contributed by atoms with E-state index in [0.717, 1.165) is 5.56 Å². The van der Waals surface area contributed by atoms with Crippen LogP contribution in [0.15, 0.2) is 30.3 Å². The molecule has 0 bridgehead atoms. The molecule has 0 radical (unpaired) electrons. The van der Waals surface area contributed by atoms with Crippen molar-refractivity contribution in [2.45, 2.75) is 52.2 Å². The van der Waals surface area contributed by atoms with Crippen molar-refractivity contribution < 1.29 is 19.1 Å². The van der Waals surface area contributed by atoms with Gasteiger partial charge in [-0.1, -0.05) is 30.3 Å². The van der Waals surface area contributed by atoms with Crippen molar-refractivity contribution in [3.63, 3.8) is 0 Å². The Kier molecular flexibility index (Phi) is 9.73. The van der Waals surface area contributed by atoms with Gasteiger partial charge in [-0.3, -0.25) is 0 Å². The molecule has 1 N–H and O–H groups in total. The van der Waals surface area contributed by atoms with E-state index >= 15 is 0 Å².